The number of nitrogens with one attached hydrogen (secondary N) is 1. The summed E-state index contributed by atoms with van der Waals surface area (Å²) >= 11 is 0. The Kier molecular flexibility index (Phi) is 5.88. The second kappa shape index (κ2) is 7.66. The van der Waals surface area contributed by atoms with Crippen molar-refractivity contribution in [3.05, 3.63) is 23.8 Å². The Morgan fingerprint density at radius 3 is 2.76 bits per heavy atom. The van der Waals surface area contributed by atoms with Gasteiger partial charge in [0.2, 0.25) is 0 Å². The number of methoxy groups -OCH3 is 2. The number of hydrogen-bond acceptors (Lipinski definition) is 4. The molecule has 118 valence electrons. The van der Waals surface area contributed by atoms with Gasteiger partial charge in [-0.1, -0.05) is 6.92 Å². The highest BCUT2D eigenvalue weighted by molar-refractivity contribution is 5.42. The highest BCUT2D eigenvalue weighted by Gasteiger charge is 2.22. The summed E-state index contributed by atoms with van der Waals surface area (Å²) in [5.74, 6) is 2.54. The first-order valence-electron chi connectivity index (χ1n) is 7.85. The largest absolute Gasteiger partial charge is 0.497 e. The van der Waals surface area contributed by atoms with Crippen LogP contribution in [0.2, 0.25) is 0 Å². The molecule has 4 nitrogen and oxygen atoms in total. The van der Waals surface area contributed by atoms with E-state index in [0.717, 1.165) is 36.1 Å². The molecular formula is C17H28N2O2. The Balaban J connectivity index is 1.95. The van der Waals surface area contributed by atoms with Crippen LogP contribution in [0.5, 0.6) is 11.5 Å². The molecule has 2 rings (SSSR count). The standard InChI is InChI=1S/C17H28N2O2/c1-5-19-9-8-14(12-19)11-18-13(2)16-10-15(20-3)6-7-17(16)21-4/h6-7,10,13-14,18H,5,8-9,11-12H2,1-4H3. The average Bonchev–Trinajstić information content (AvgIpc) is 3.00. The zero-order valence-corrected chi connectivity index (χ0v) is 13.7. The number of ether oxygens (including phenoxy) is 2. The van der Waals surface area contributed by atoms with Crippen LogP contribution in [0, 0.1) is 5.92 Å². The summed E-state index contributed by atoms with van der Waals surface area (Å²) in [7, 11) is 3.41. The zero-order chi connectivity index (χ0) is 15.2. The van der Waals surface area contributed by atoms with Gasteiger partial charge in [0, 0.05) is 18.2 Å². The lowest BCUT2D eigenvalue weighted by Gasteiger charge is -2.20. The Morgan fingerprint density at radius 1 is 1.33 bits per heavy atom. The fourth-order valence-corrected chi connectivity index (χ4v) is 3.00. The molecule has 0 radical (unpaired) electrons. The molecule has 1 aliphatic heterocycles. The minimum Gasteiger partial charge on any atom is -0.497 e. The lowest BCUT2D eigenvalue weighted by atomic mass is 10.0. The monoisotopic (exact) mass is 292 g/mol. The van der Waals surface area contributed by atoms with Crippen molar-refractivity contribution in [2.75, 3.05) is 40.4 Å². The third-order valence-corrected chi connectivity index (χ3v) is 4.43. The molecule has 4 heteroatoms. The maximum atomic E-state index is 5.47. The first kappa shape index (κ1) is 16.1. The third-order valence-electron chi connectivity index (χ3n) is 4.43. The Bertz CT molecular complexity index is 450. The summed E-state index contributed by atoms with van der Waals surface area (Å²) in [6, 6.07) is 6.22. The van der Waals surface area contributed by atoms with Crippen LogP contribution in [0.15, 0.2) is 18.2 Å². The van der Waals surface area contributed by atoms with E-state index in [0.29, 0.717) is 0 Å². The second-order valence-corrected chi connectivity index (χ2v) is 5.79. The Hall–Kier alpha value is -1.26. The summed E-state index contributed by atoms with van der Waals surface area (Å²) < 4.78 is 10.8. The van der Waals surface area contributed by atoms with Crippen molar-refractivity contribution >= 4 is 0 Å². The first-order valence-corrected chi connectivity index (χ1v) is 7.85. The van der Waals surface area contributed by atoms with Gasteiger partial charge < -0.3 is 19.7 Å². The van der Waals surface area contributed by atoms with Crippen LogP contribution < -0.4 is 14.8 Å². The lowest BCUT2D eigenvalue weighted by Crippen LogP contribution is -2.28. The molecule has 1 saturated heterocycles. The van der Waals surface area contributed by atoms with Gasteiger partial charge in [0.15, 0.2) is 0 Å². The topological polar surface area (TPSA) is 33.7 Å². The van der Waals surface area contributed by atoms with Crippen molar-refractivity contribution in [3.63, 3.8) is 0 Å². The quantitative estimate of drug-likeness (QED) is 0.838. The Labute approximate surface area is 128 Å². The van der Waals surface area contributed by atoms with E-state index in [9.17, 15) is 0 Å². The van der Waals surface area contributed by atoms with E-state index in [1.807, 2.05) is 12.1 Å². The summed E-state index contributed by atoms with van der Waals surface area (Å²) in [4.78, 5) is 2.52. The van der Waals surface area contributed by atoms with Crippen molar-refractivity contribution in [2.24, 2.45) is 5.92 Å². The van der Waals surface area contributed by atoms with Crippen molar-refractivity contribution in [1.29, 1.82) is 0 Å². The van der Waals surface area contributed by atoms with E-state index in [4.69, 9.17) is 9.47 Å². The minimum absolute atomic E-state index is 0.255. The lowest BCUT2D eigenvalue weighted by molar-refractivity contribution is 0.335. The maximum absolute atomic E-state index is 5.47. The molecule has 1 aromatic rings. The number of rotatable bonds is 7. The molecule has 1 heterocycles. The molecule has 1 fully saturated rings. The first-order chi connectivity index (χ1) is 10.2. The van der Waals surface area contributed by atoms with E-state index in [1.165, 1.54) is 19.5 Å². The third kappa shape index (κ3) is 4.11. The van der Waals surface area contributed by atoms with Crippen LogP contribution in [0.4, 0.5) is 0 Å². The average molecular weight is 292 g/mol. The molecule has 0 aliphatic carbocycles. The fraction of sp³-hybridized carbons (Fsp3) is 0.647. The van der Waals surface area contributed by atoms with Crippen LogP contribution in [-0.4, -0.2) is 45.3 Å². The molecule has 0 bridgehead atoms. The van der Waals surface area contributed by atoms with Crippen molar-refractivity contribution in [3.8, 4) is 11.5 Å². The molecule has 0 amide bonds. The summed E-state index contributed by atoms with van der Waals surface area (Å²) in [6.07, 6.45) is 1.29. The van der Waals surface area contributed by atoms with Crippen molar-refractivity contribution in [1.82, 2.24) is 10.2 Å². The molecule has 0 aromatic heterocycles. The normalized spacial score (nSPS) is 20.5. The van der Waals surface area contributed by atoms with Crippen LogP contribution in [0.3, 0.4) is 0 Å². The molecule has 0 spiro atoms. The second-order valence-electron chi connectivity index (χ2n) is 5.79. The minimum atomic E-state index is 0.255. The zero-order valence-electron chi connectivity index (χ0n) is 13.7. The van der Waals surface area contributed by atoms with Gasteiger partial charge in [-0.3, -0.25) is 0 Å². The Morgan fingerprint density at radius 2 is 2.14 bits per heavy atom. The smallest absolute Gasteiger partial charge is 0.123 e. The van der Waals surface area contributed by atoms with E-state index < -0.39 is 0 Å². The van der Waals surface area contributed by atoms with Gasteiger partial charge in [0.1, 0.15) is 11.5 Å². The van der Waals surface area contributed by atoms with Crippen LogP contribution in [0.25, 0.3) is 0 Å². The molecule has 1 N–H and O–H groups in total. The highest BCUT2D eigenvalue weighted by Crippen LogP contribution is 2.29. The van der Waals surface area contributed by atoms with Gasteiger partial charge in [-0.25, -0.2) is 0 Å². The van der Waals surface area contributed by atoms with Gasteiger partial charge in [0.25, 0.3) is 0 Å². The van der Waals surface area contributed by atoms with Crippen molar-refractivity contribution < 1.29 is 9.47 Å². The molecule has 1 aliphatic rings. The van der Waals surface area contributed by atoms with Crippen molar-refractivity contribution in [2.45, 2.75) is 26.3 Å². The van der Waals surface area contributed by atoms with Crippen LogP contribution in [0.1, 0.15) is 31.9 Å². The van der Waals surface area contributed by atoms with E-state index in [-0.39, 0.29) is 6.04 Å². The van der Waals surface area contributed by atoms with E-state index >= 15 is 0 Å². The molecule has 1 aromatic carbocycles. The van der Waals surface area contributed by atoms with Crippen LogP contribution >= 0.6 is 0 Å². The molecule has 0 saturated carbocycles. The van der Waals surface area contributed by atoms with Gasteiger partial charge in [-0.15, -0.1) is 0 Å². The van der Waals surface area contributed by atoms with Gasteiger partial charge >= 0.3 is 0 Å². The molecule has 2 atom stereocenters. The summed E-state index contributed by atoms with van der Waals surface area (Å²) in [5, 5.41) is 3.65. The predicted molar refractivity (Wildman–Crippen MR) is 86.2 cm³/mol. The van der Waals surface area contributed by atoms with E-state index in [1.54, 1.807) is 14.2 Å². The predicted octanol–water partition coefficient (Wildman–Crippen LogP) is 2.70. The van der Waals surface area contributed by atoms with Gasteiger partial charge in [-0.05, 0) is 57.1 Å². The number of hydrogen-bond donors (Lipinski definition) is 1. The maximum Gasteiger partial charge on any atom is 0.123 e. The molecular weight excluding hydrogens is 264 g/mol. The summed E-state index contributed by atoms with van der Waals surface area (Å²) in [6.45, 7) is 9.09. The number of benzene rings is 1. The SMILES string of the molecule is CCN1CCC(CNC(C)c2cc(OC)ccc2OC)C1. The number of nitrogens with zero attached hydrogens (tertiary/aromatic N) is 1. The van der Waals surface area contributed by atoms with Gasteiger partial charge in [-0.2, -0.15) is 0 Å². The molecule has 2 unspecified atom stereocenters. The number of likely N-dealkylation sites (tertiary alicyclic amines) is 1. The fourth-order valence-electron chi connectivity index (χ4n) is 3.00. The highest BCUT2D eigenvalue weighted by atomic mass is 16.5. The van der Waals surface area contributed by atoms with Gasteiger partial charge in [0.05, 0.1) is 14.2 Å². The molecule has 21 heavy (non-hydrogen) atoms. The summed E-state index contributed by atoms with van der Waals surface area (Å²) in [5.41, 5.74) is 1.15. The van der Waals surface area contributed by atoms with Crippen LogP contribution in [-0.2, 0) is 0 Å². The van der Waals surface area contributed by atoms with E-state index in [2.05, 4.69) is 30.1 Å².